The number of carbonyl (C=O) groups is 1. The third kappa shape index (κ3) is 4.94. The summed E-state index contributed by atoms with van der Waals surface area (Å²) in [5.74, 6) is -1.02. The van der Waals surface area contributed by atoms with Gasteiger partial charge < -0.3 is 14.4 Å². The maximum Gasteiger partial charge on any atom is 0.227 e. The molecule has 0 aromatic heterocycles. The van der Waals surface area contributed by atoms with Crippen molar-refractivity contribution < 1.29 is 23.0 Å². The average molecular weight is 478 g/mol. The Bertz CT molecular complexity index is 1250. The number of carbonyl (C=O) groups excluding carboxylic acids is 1. The third-order valence-corrected chi connectivity index (χ3v) is 6.97. The van der Waals surface area contributed by atoms with E-state index in [0.29, 0.717) is 38.5 Å². The first-order chi connectivity index (χ1) is 16.8. The van der Waals surface area contributed by atoms with Crippen molar-refractivity contribution in [3.63, 3.8) is 0 Å². The van der Waals surface area contributed by atoms with Gasteiger partial charge in [0.15, 0.2) is 0 Å². The summed E-state index contributed by atoms with van der Waals surface area (Å²) < 4.78 is 39.6. The number of hydrogen-bond donors (Lipinski definition) is 0. The second-order valence-electron chi connectivity index (χ2n) is 9.70. The lowest BCUT2D eigenvalue weighted by atomic mass is 9.95. The Kier molecular flexibility index (Phi) is 6.32. The molecule has 3 aromatic carbocycles. The second-order valence-corrected chi connectivity index (χ2v) is 9.70. The van der Waals surface area contributed by atoms with Crippen LogP contribution in [0.2, 0.25) is 0 Å². The van der Waals surface area contributed by atoms with Gasteiger partial charge in [-0.3, -0.25) is 4.79 Å². The van der Waals surface area contributed by atoms with Gasteiger partial charge in [0.25, 0.3) is 0 Å². The fourth-order valence-corrected chi connectivity index (χ4v) is 4.77. The molecule has 6 heteroatoms. The van der Waals surface area contributed by atoms with Crippen LogP contribution in [-0.2, 0) is 22.6 Å². The van der Waals surface area contributed by atoms with Crippen LogP contribution < -0.4 is 4.74 Å². The maximum absolute atomic E-state index is 13.9. The van der Waals surface area contributed by atoms with E-state index in [-0.39, 0.29) is 17.9 Å². The molecule has 4 nitrogen and oxygen atoms in total. The summed E-state index contributed by atoms with van der Waals surface area (Å²) in [6, 6.07) is 18.1. The molecule has 1 saturated heterocycles. The number of piperidine rings is 1. The third-order valence-electron chi connectivity index (χ3n) is 6.97. The molecule has 0 N–H and O–H groups in total. The van der Waals surface area contributed by atoms with E-state index in [0.717, 1.165) is 22.9 Å². The lowest BCUT2D eigenvalue weighted by molar-refractivity contribution is -0.227. The van der Waals surface area contributed by atoms with E-state index in [1.165, 1.54) is 23.3 Å². The minimum absolute atomic E-state index is 0.0928. The molecule has 0 unspecified atom stereocenters. The Labute approximate surface area is 204 Å². The molecular weight excluding hydrogens is 448 g/mol. The molecule has 182 valence electrons. The van der Waals surface area contributed by atoms with Crippen LogP contribution in [0.5, 0.6) is 5.75 Å². The molecular formula is C29H29F2NO3. The Morgan fingerprint density at radius 2 is 1.77 bits per heavy atom. The summed E-state index contributed by atoms with van der Waals surface area (Å²) in [4.78, 5) is 14.4. The SMILES string of the molecule is CC(C)c1cccc(-c2ccc3c(c2)COC2(CCN(C(=O)Cc4ccc(F)cc4F)CC2)O3)c1. The monoisotopic (exact) mass is 477 g/mol. The molecule has 5 rings (SSSR count). The van der Waals surface area contributed by atoms with Crippen LogP contribution in [0.25, 0.3) is 11.1 Å². The average Bonchev–Trinajstić information content (AvgIpc) is 2.86. The van der Waals surface area contributed by atoms with Gasteiger partial charge in [-0.05, 0) is 46.4 Å². The molecule has 0 aliphatic carbocycles. The van der Waals surface area contributed by atoms with E-state index in [9.17, 15) is 13.6 Å². The Morgan fingerprint density at radius 1 is 1.00 bits per heavy atom. The number of likely N-dealkylation sites (tertiary alicyclic amines) is 1. The van der Waals surface area contributed by atoms with Crippen LogP contribution in [0.15, 0.2) is 60.7 Å². The predicted molar refractivity (Wildman–Crippen MR) is 130 cm³/mol. The van der Waals surface area contributed by atoms with Crippen LogP contribution in [0.1, 0.15) is 49.3 Å². The van der Waals surface area contributed by atoms with Gasteiger partial charge in [-0.15, -0.1) is 0 Å². The molecule has 0 atom stereocenters. The summed E-state index contributed by atoms with van der Waals surface area (Å²) in [6.07, 6.45) is 0.967. The number of benzene rings is 3. The first-order valence-corrected chi connectivity index (χ1v) is 12.1. The predicted octanol–water partition coefficient (Wildman–Crippen LogP) is 6.23. The molecule has 2 heterocycles. The molecule has 1 amide bonds. The molecule has 35 heavy (non-hydrogen) atoms. The van der Waals surface area contributed by atoms with Crippen molar-refractivity contribution >= 4 is 5.91 Å². The van der Waals surface area contributed by atoms with Crippen LogP contribution >= 0.6 is 0 Å². The van der Waals surface area contributed by atoms with Crippen molar-refractivity contribution in [2.75, 3.05) is 13.1 Å². The van der Waals surface area contributed by atoms with Gasteiger partial charge in [0.2, 0.25) is 11.7 Å². The number of rotatable bonds is 4. The highest BCUT2D eigenvalue weighted by Gasteiger charge is 2.42. The van der Waals surface area contributed by atoms with Gasteiger partial charge >= 0.3 is 0 Å². The Morgan fingerprint density at radius 3 is 2.51 bits per heavy atom. The Hall–Kier alpha value is -3.25. The normalized spacial score (nSPS) is 16.8. The summed E-state index contributed by atoms with van der Waals surface area (Å²) in [7, 11) is 0. The first-order valence-electron chi connectivity index (χ1n) is 12.1. The van der Waals surface area contributed by atoms with Crippen LogP contribution in [-0.4, -0.2) is 29.7 Å². The molecule has 1 fully saturated rings. The fourth-order valence-electron chi connectivity index (χ4n) is 4.77. The van der Waals surface area contributed by atoms with Crippen molar-refractivity contribution in [2.24, 2.45) is 0 Å². The number of amides is 1. The zero-order valence-corrected chi connectivity index (χ0v) is 20.0. The minimum atomic E-state index is -0.760. The quantitative estimate of drug-likeness (QED) is 0.447. The van der Waals surface area contributed by atoms with E-state index in [2.05, 4.69) is 50.2 Å². The van der Waals surface area contributed by atoms with Crippen LogP contribution in [0, 0.1) is 11.6 Å². The molecule has 2 aliphatic heterocycles. The molecule has 0 saturated carbocycles. The minimum Gasteiger partial charge on any atom is -0.462 e. The fraction of sp³-hybridized carbons (Fsp3) is 0.345. The van der Waals surface area contributed by atoms with E-state index in [1.807, 2.05) is 6.07 Å². The lowest BCUT2D eigenvalue weighted by Crippen LogP contribution is -2.52. The van der Waals surface area contributed by atoms with Gasteiger partial charge in [0.1, 0.15) is 17.4 Å². The van der Waals surface area contributed by atoms with E-state index < -0.39 is 17.4 Å². The highest BCUT2D eigenvalue weighted by atomic mass is 19.1. The number of halogens is 2. The highest BCUT2D eigenvalue weighted by molar-refractivity contribution is 5.79. The van der Waals surface area contributed by atoms with Gasteiger partial charge in [0.05, 0.1) is 13.0 Å². The zero-order valence-electron chi connectivity index (χ0n) is 20.0. The van der Waals surface area contributed by atoms with Crippen molar-refractivity contribution in [1.29, 1.82) is 0 Å². The zero-order chi connectivity index (χ0) is 24.6. The topological polar surface area (TPSA) is 38.8 Å². The first kappa shape index (κ1) is 23.5. The number of fused-ring (bicyclic) bond motifs is 1. The number of ether oxygens (including phenoxy) is 2. The molecule has 0 radical (unpaired) electrons. The van der Waals surface area contributed by atoms with Gasteiger partial charge in [-0.25, -0.2) is 8.78 Å². The van der Waals surface area contributed by atoms with Gasteiger partial charge in [-0.1, -0.05) is 50.2 Å². The highest BCUT2D eigenvalue weighted by Crippen LogP contribution is 2.39. The second kappa shape index (κ2) is 9.42. The summed E-state index contributed by atoms with van der Waals surface area (Å²) in [5.41, 5.74) is 4.81. The van der Waals surface area contributed by atoms with E-state index >= 15 is 0 Å². The van der Waals surface area contributed by atoms with Crippen LogP contribution in [0.4, 0.5) is 8.78 Å². The van der Waals surface area contributed by atoms with Crippen molar-refractivity contribution in [1.82, 2.24) is 4.90 Å². The molecule has 2 aliphatic rings. The van der Waals surface area contributed by atoms with Gasteiger partial charge in [-0.2, -0.15) is 0 Å². The van der Waals surface area contributed by atoms with Crippen molar-refractivity contribution in [3.8, 4) is 16.9 Å². The maximum atomic E-state index is 13.9. The smallest absolute Gasteiger partial charge is 0.227 e. The van der Waals surface area contributed by atoms with Crippen molar-refractivity contribution in [3.05, 3.63) is 89.0 Å². The van der Waals surface area contributed by atoms with E-state index in [1.54, 1.807) is 4.90 Å². The molecule has 3 aromatic rings. The number of hydrogen-bond acceptors (Lipinski definition) is 3. The van der Waals surface area contributed by atoms with Crippen LogP contribution in [0.3, 0.4) is 0 Å². The summed E-state index contributed by atoms with van der Waals surface area (Å²) >= 11 is 0. The van der Waals surface area contributed by atoms with E-state index in [4.69, 9.17) is 9.47 Å². The van der Waals surface area contributed by atoms with Gasteiger partial charge in [0, 0.05) is 37.6 Å². The molecule has 0 bridgehead atoms. The Balaban J connectivity index is 1.23. The largest absolute Gasteiger partial charge is 0.462 e. The van der Waals surface area contributed by atoms with Crippen molar-refractivity contribution in [2.45, 2.75) is 51.4 Å². The standard InChI is InChI=1S/C29H29F2NO3/c1-19(2)20-4-3-5-21(14-20)22-7-9-27-24(15-22)18-34-29(35-27)10-12-32(13-11-29)28(33)16-23-6-8-25(30)17-26(23)31/h3-9,14-15,17,19H,10-13,16,18H2,1-2H3. The summed E-state index contributed by atoms with van der Waals surface area (Å²) in [5, 5.41) is 0. The lowest BCUT2D eigenvalue weighted by Gasteiger charge is -2.44. The summed E-state index contributed by atoms with van der Waals surface area (Å²) in [6.45, 7) is 5.73. The molecule has 1 spiro atoms. The number of nitrogens with zero attached hydrogens (tertiary/aromatic N) is 1.